The fourth-order valence-electron chi connectivity index (χ4n) is 4.70. The number of hydrogen-bond donors (Lipinski definition) is 1. The second kappa shape index (κ2) is 10.7. The topological polar surface area (TPSA) is 109 Å². The molecule has 3 atom stereocenters. The zero-order chi connectivity index (χ0) is 25.0. The summed E-state index contributed by atoms with van der Waals surface area (Å²) in [6, 6.07) is 5.26. The number of carbonyl (C=O) groups is 3. The number of rotatable bonds is 8. The third kappa shape index (κ3) is 4.52. The Morgan fingerprint density at radius 2 is 1.82 bits per heavy atom. The van der Waals surface area contributed by atoms with E-state index in [-0.39, 0.29) is 24.7 Å². The van der Waals surface area contributed by atoms with E-state index in [1.807, 2.05) is 6.92 Å². The number of allylic oxidation sites excluding steroid dienone is 3. The number of dihydropyridines is 1. The van der Waals surface area contributed by atoms with E-state index in [0.717, 1.165) is 0 Å². The molecule has 9 nitrogen and oxygen atoms in total. The number of Topliss-reactive ketones (excluding diaryl/α,β-unsaturated/α-hetero) is 1. The van der Waals surface area contributed by atoms with Crippen LogP contribution in [-0.2, 0) is 28.6 Å². The molecule has 1 N–H and O–H groups in total. The minimum absolute atomic E-state index is 0.0513. The third-order valence-corrected chi connectivity index (χ3v) is 6.23. The summed E-state index contributed by atoms with van der Waals surface area (Å²) < 4.78 is 26.5. The highest BCUT2D eigenvalue weighted by Gasteiger charge is 2.48. The van der Waals surface area contributed by atoms with Crippen LogP contribution < -0.4 is 14.8 Å². The van der Waals surface area contributed by atoms with Gasteiger partial charge in [0, 0.05) is 29.6 Å². The summed E-state index contributed by atoms with van der Waals surface area (Å²) in [7, 11) is 5.77. The van der Waals surface area contributed by atoms with Crippen LogP contribution in [0.25, 0.3) is 0 Å². The van der Waals surface area contributed by atoms with E-state index >= 15 is 0 Å². The van der Waals surface area contributed by atoms with Crippen LogP contribution in [0.3, 0.4) is 0 Å². The maximum absolute atomic E-state index is 13.8. The molecule has 0 fully saturated rings. The molecular weight excluding hydrogens is 442 g/mol. The van der Waals surface area contributed by atoms with Gasteiger partial charge in [0.15, 0.2) is 17.3 Å². The average Bonchev–Trinajstić information content (AvgIpc) is 2.82. The van der Waals surface area contributed by atoms with Crippen LogP contribution in [0, 0.1) is 11.8 Å². The largest absolute Gasteiger partial charge is 0.493 e. The molecule has 1 aromatic carbocycles. The fraction of sp³-hybridized carbons (Fsp3) is 0.480. The second-order valence-corrected chi connectivity index (χ2v) is 8.25. The summed E-state index contributed by atoms with van der Waals surface area (Å²) in [6.07, 6.45) is 0.437. The van der Waals surface area contributed by atoms with Gasteiger partial charge in [-0.15, -0.1) is 0 Å². The normalized spacial score (nSPS) is 22.1. The molecule has 9 heteroatoms. The van der Waals surface area contributed by atoms with Crippen LogP contribution in [0.5, 0.6) is 11.5 Å². The molecule has 1 aliphatic carbocycles. The van der Waals surface area contributed by atoms with Gasteiger partial charge in [-0.3, -0.25) is 9.59 Å². The summed E-state index contributed by atoms with van der Waals surface area (Å²) in [4.78, 5) is 39.6. The SMILES string of the molecule is COCCOC(=O)C1=C(C)NC2=C(C(=O)[C@H](C(=O)OC)[C@H](C)C2)[C@@H]1c1cccc(OC)c1OC. The summed E-state index contributed by atoms with van der Waals surface area (Å²) in [6.45, 7) is 3.88. The Kier molecular flexibility index (Phi) is 7.98. The summed E-state index contributed by atoms with van der Waals surface area (Å²) >= 11 is 0. The van der Waals surface area contributed by atoms with Crippen molar-refractivity contribution in [3.05, 3.63) is 46.3 Å². The zero-order valence-electron chi connectivity index (χ0n) is 20.4. The van der Waals surface area contributed by atoms with Crippen molar-refractivity contribution in [1.82, 2.24) is 5.32 Å². The molecule has 0 bridgehead atoms. The van der Waals surface area contributed by atoms with Crippen LogP contribution in [0.4, 0.5) is 0 Å². The number of nitrogens with one attached hydrogen (secondary N) is 1. The highest BCUT2D eigenvalue weighted by molar-refractivity contribution is 6.12. The number of esters is 2. The molecule has 34 heavy (non-hydrogen) atoms. The number of para-hydroxylation sites is 1. The number of hydrogen-bond acceptors (Lipinski definition) is 9. The highest BCUT2D eigenvalue weighted by atomic mass is 16.6. The summed E-state index contributed by atoms with van der Waals surface area (Å²) in [5.41, 5.74) is 2.36. The lowest BCUT2D eigenvalue weighted by molar-refractivity contribution is -0.151. The monoisotopic (exact) mass is 473 g/mol. The van der Waals surface area contributed by atoms with Crippen molar-refractivity contribution >= 4 is 17.7 Å². The maximum atomic E-state index is 13.8. The Morgan fingerprint density at radius 1 is 1.09 bits per heavy atom. The first-order chi connectivity index (χ1) is 16.3. The smallest absolute Gasteiger partial charge is 0.336 e. The summed E-state index contributed by atoms with van der Waals surface area (Å²) in [5.74, 6) is -2.83. The van der Waals surface area contributed by atoms with Gasteiger partial charge in [0.2, 0.25) is 0 Å². The first kappa shape index (κ1) is 25.3. The van der Waals surface area contributed by atoms with Crippen LogP contribution in [0.15, 0.2) is 40.7 Å². The third-order valence-electron chi connectivity index (χ3n) is 6.23. The molecule has 0 saturated heterocycles. The zero-order valence-corrected chi connectivity index (χ0v) is 20.4. The van der Waals surface area contributed by atoms with Crippen molar-refractivity contribution < 1.29 is 38.1 Å². The van der Waals surface area contributed by atoms with Crippen LogP contribution >= 0.6 is 0 Å². The lowest BCUT2D eigenvalue weighted by atomic mass is 9.69. The minimum Gasteiger partial charge on any atom is -0.493 e. The molecule has 0 unspecified atom stereocenters. The molecule has 1 heterocycles. The first-order valence-corrected chi connectivity index (χ1v) is 11.0. The van der Waals surface area contributed by atoms with E-state index in [0.29, 0.717) is 40.5 Å². The van der Waals surface area contributed by atoms with E-state index in [1.165, 1.54) is 28.4 Å². The Labute approximate surface area is 199 Å². The van der Waals surface area contributed by atoms with Crippen LogP contribution in [0.1, 0.15) is 31.7 Å². The Balaban J connectivity index is 2.22. The second-order valence-electron chi connectivity index (χ2n) is 8.25. The van der Waals surface area contributed by atoms with Gasteiger partial charge in [0.25, 0.3) is 0 Å². The number of methoxy groups -OCH3 is 4. The van der Waals surface area contributed by atoms with Crippen LogP contribution in [-0.4, -0.2) is 59.4 Å². The van der Waals surface area contributed by atoms with E-state index in [2.05, 4.69) is 5.32 Å². The first-order valence-electron chi connectivity index (χ1n) is 11.0. The molecule has 0 amide bonds. The van der Waals surface area contributed by atoms with E-state index in [9.17, 15) is 14.4 Å². The van der Waals surface area contributed by atoms with Crippen LogP contribution in [0.2, 0.25) is 0 Å². The molecule has 184 valence electrons. The van der Waals surface area contributed by atoms with Gasteiger partial charge < -0.3 is 29.0 Å². The number of ketones is 1. The van der Waals surface area contributed by atoms with Gasteiger partial charge in [0.1, 0.15) is 12.5 Å². The fourth-order valence-corrected chi connectivity index (χ4v) is 4.70. The van der Waals surface area contributed by atoms with Gasteiger partial charge in [0.05, 0.1) is 39.4 Å². The van der Waals surface area contributed by atoms with Gasteiger partial charge in [-0.25, -0.2) is 4.79 Å². The quantitative estimate of drug-likeness (QED) is 0.346. The Hall–Kier alpha value is -3.33. The van der Waals surface area contributed by atoms with Gasteiger partial charge in [-0.05, 0) is 25.3 Å². The lowest BCUT2D eigenvalue weighted by Crippen LogP contribution is -2.43. The molecule has 0 saturated carbocycles. The molecule has 1 aliphatic heterocycles. The Bertz CT molecular complexity index is 1040. The predicted octanol–water partition coefficient (Wildman–Crippen LogP) is 2.51. The minimum atomic E-state index is -0.978. The van der Waals surface area contributed by atoms with Crippen molar-refractivity contribution in [2.24, 2.45) is 11.8 Å². The molecule has 0 spiro atoms. The van der Waals surface area contributed by atoms with Crippen molar-refractivity contribution in [3.8, 4) is 11.5 Å². The van der Waals surface area contributed by atoms with Gasteiger partial charge in [-0.2, -0.15) is 0 Å². The van der Waals surface area contributed by atoms with Crippen molar-refractivity contribution in [3.63, 3.8) is 0 Å². The van der Waals surface area contributed by atoms with E-state index in [1.54, 1.807) is 25.1 Å². The van der Waals surface area contributed by atoms with Gasteiger partial charge >= 0.3 is 11.9 Å². The lowest BCUT2D eigenvalue weighted by Gasteiger charge is -2.38. The standard InChI is InChI=1S/C25H31NO8/c1-13-12-16-21(22(27)18(13)24(28)33-6)20(15-8-7-9-17(31-4)23(15)32-5)19(14(2)26-16)25(29)34-11-10-30-3/h7-9,13,18,20,26H,10-12H2,1-6H3/t13-,18-,20-/m1/s1. The number of benzene rings is 1. The number of carbonyl (C=O) groups excluding carboxylic acids is 3. The van der Waals surface area contributed by atoms with Gasteiger partial charge in [-0.1, -0.05) is 19.1 Å². The predicted molar refractivity (Wildman–Crippen MR) is 122 cm³/mol. The van der Waals surface area contributed by atoms with Crippen molar-refractivity contribution in [1.29, 1.82) is 0 Å². The molecular formula is C25H31NO8. The highest BCUT2D eigenvalue weighted by Crippen LogP contribution is 2.49. The van der Waals surface area contributed by atoms with E-state index in [4.69, 9.17) is 23.7 Å². The molecule has 0 radical (unpaired) electrons. The summed E-state index contributed by atoms with van der Waals surface area (Å²) in [5, 5.41) is 3.23. The van der Waals surface area contributed by atoms with Crippen molar-refractivity contribution in [2.75, 3.05) is 41.7 Å². The molecule has 3 rings (SSSR count). The van der Waals surface area contributed by atoms with Crippen molar-refractivity contribution in [2.45, 2.75) is 26.2 Å². The molecule has 2 aliphatic rings. The molecule has 1 aromatic rings. The number of ether oxygens (including phenoxy) is 5. The van der Waals surface area contributed by atoms with E-state index < -0.39 is 29.6 Å². The molecule has 0 aromatic heterocycles. The average molecular weight is 474 g/mol. The maximum Gasteiger partial charge on any atom is 0.336 e. The Morgan fingerprint density at radius 3 is 2.44 bits per heavy atom.